The summed E-state index contributed by atoms with van der Waals surface area (Å²) in [5.74, 6) is -0.221. The Bertz CT molecular complexity index is 951. The number of allylic oxidation sites excluding steroid dienone is 1. The molecule has 1 fully saturated rings. The predicted molar refractivity (Wildman–Crippen MR) is 103 cm³/mol. The van der Waals surface area contributed by atoms with E-state index in [9.17, 15) is 9.18 Å². The molecule has 4 heterocycles. The minimum absolute atomic E-state index is 0.222. The van der Waals surface area contributed by atoms with Crippen LogP contribution in [0.5, 0.6) is 5.88 Å². The summed E-state index contributed by atoms with van der Waals surface area (Å²) in [6.45, 7) is 4.64. The summed E-state index contributed by atoms with van der Waals surface area (Å²) >= 11 is 0. The van der Waals surface area contributed by atoms with Crippen LogP contribution in [-0.2, 0) is 4.74 Å². The minimum Gasteiger partial charge on any atom is -0.473 e. The maximum absolute atomic E-state index is 13.1. The highest BCUT2D eigenvalue weighted by Crippen LogP contribution is 2.24. The fourth-order valence-electron chi connectivity index (χ4n) is 2.95. The van der Waals surface area contributed by atoms with Crippen molar-refractivity contribution in [2.75, 3.05) is 32.9 Å². The summed E-state index contributed by atoms with van der Waals surface area (Å²) in [7, 11) is 0. The summed E-state index contributed by atoms with van der Waals surface area (Å²) in [4.78, 5) is 24.9. The fourth-order valence-corrected chi connectivity index (χ4v) is 2.95. The molecule has 2 aromatic rings. The predicted octanol–water partition coefficient (Wildman–Crippen LogP) is 1.75. The molecule has 2 aliphatic heterocycles. The highest BCUT2D eigenvalue weighted by molar-refractivity contribution is 6.16. The van der Waals surface area contributed by atoms with Crippen LogP contribution in [0.3, 0.4) is 0 Å². The Balaban J connectivity index is 1.32. The van der Waals surface area contributed by atoms with E-state index in [0.29, 0.717) is 49.2 Å². The van der Waals surface area contributed by atoms with Gasteiger partial charge in [0.2, 0.25) is 5.88 Å². The van der Waals surface area contributed by atoms with E-state index < -0.39 is 5.82 Å². The van der Waals surface area contributed by atoms with Crippen LogP contribution in [0.4, 0.5) is 4.39 Å². The lowest BCUT2D eigenvalue weighted by Gasteiger charge is -2.26. The van der Waals surface area contributed by atoms with Crippen LogP contribution < -0.4 is 10.2 Å². The van der Waals surface area contributed by atoms with Gasteiger partial charge in [-0.05, 0) is 25.1 Å². The Hall–Kier alpha value is -3.17. The quantitative estimate of drug-likeness (QED) is 0.799. The van der Waals surface area contributed by atoms with Gasteiger partial charge in [-0.25, -0.2) is 14.4 Å². The number of hydrazine groups is 1. The Labute approximate surface area is 167 Å². The third-order valence-corrected chi connectivity index (χ3v) is 4.61. The molecule has 0 atom stereocenters. The highest BCUT2D eigenvalue weighted by Gasteiger charge is 2.23. The standard InChI is InChI=1S/C20H20FN5O3/c1-13-16(19(24-13)17-4-3-15(21)11-22-17)12-29-18-5-2-14(10-23-18)20(27)25-26-6-8-28-9-7-26/h2-5,10-11H,6-9,12H2,1H3,(H,25,27). The monoisotopic (exact) mass is 397 g/mol. The van der Waals surface area contributed by atoms with Gasteiger partial charge in [0.25, 0.3) is 5.91 Å². The van der Waals surface area contributed by atoms with Crippen molar-refractivity contribution in [3.8, 4) is 5.88 Å². The van der Waals surface area contributed by atoms with Gasteiger partial charge in [-0.3, -0.25) is 20.2 Å². The first-order valence-electron chi connectivity index (χ1n) is 9.23. The van der Waals surface area contributed by atoms with Crippen LogP contribution >= 0.6 is 0 Å². The number of morpholine rings is 1. The first kappa shape index (κ1) is 19.2. The van der Waals surface area contributed by atoms with E-state index in [1.54, 1.807) is 18.2 Å². The summed E-state index contributed by atoms with van der Waals surface area (Å²) in [6, 6.07) is 6.24. The first-order chi connectivity index (χ1) is 14.1. The van der Waals surface area contributed by atoms with Gasteiger partial charge < -0.3 is 9.47 Å². The maximum Gasteiger partial charge on any atom is 0.267 e. The molecule has 0 unspecified atom stereocenters. The number of ether oxygens (including phenoxy) is 2. The van der Waals surface area contributed by atoms with E-state index >= 15 is 0 Å². The second-order valence-corrected chi connectivity index (χ2v) is 6.60. The molecule has 0 aliphatic carbocycles. The number of nitrogens with zero attached hydrogens (tertiary/aromatic N) is 4. The van der Waals surface area contributed by atoms with E-state index in [-0.39, 0.29) is 12.5 Å². The van der Waals surface area contributed by atoms with Crippen LogP contribution in [0.15, 0.2) is 52.9 Å². The van der Waals surface area contributed by atoms with Crippen molar-refractivity contribution in [2.24, 2.45) is 4.99 Å². The number of aromatic nitrogens is 2. The molecule has 9 heteroatoms. The van der Waals surface area contributed by atoms with E-state index in [2.05, 4.69) is 20.4 Å². The molecular formula is C20H20FN5O3. The normalized spacial score (nSPS) is 16.8. The zero-order chi connectivity index (χ0) is 20.2. The van der Waals surface area contributed by atoms with Crippen LogP contribution in [0.1, 0.15) is 23.0 Å². The Kier molecular flexibility index (Phi) is 5.59. The number of aliphatic imine (C=N–C) groups is 1. The topological polar surface area (TPSA) is 88.9 Å². The van der Waals surface area contributed by atoms with Crippen LogP contribution in [0.2, 0.25) is 0 Å². The summed E-state index contributed by atoms with van der Waals surface area (Å²) in [6.07, 6.45) is 2.63. The van der Waals surface area contributed by atoms with Crippen LogP contribution in [0.25, 0.3) is 0 Å². The number of halogens is 1. The Morgan fingerprint density at radius 3 is 2.69 bits per heavy atom. The molecule has 4 rings (SSSR count). The molecule has 0 aromatic carbocycles. The fraction of sp³-hybridized carbons (Fsp3) is 0.300. The largest absolute Gasteiger partial charge is 0.473 e. The lowest BCUT2D eigenvalue weighted by molar-refractivity contribution is 0.0126. The zero-order valence-corrected chi connectivity index (χ0v) is 15.9. The molecule has 2 aromatic heterocycles. The van der Waals surface area contributed by atoms with E-state index in [0.717, 1.165) is 17.5 Å². The van der Waals surface area contributed by atoms with Crippen molar-refractivity contribution in [2.45, 2.75) is 6.92 Å². The number of carbonyl (C=O) groups is 1. The molecule has 29 heavy (non-hydrogen) atoms. The molecular weight excluding hydrogens is 377 g/mol. The molecule has 1 N–H and O–H groups in total. The number of nitrogens with one attached hydrogen (secondary N) is 1. The van der Waals surface area contributed by atoms with Gasteiger partial charge in [0.05, 0.1) is 36.4 Å². The van der Waals surface area contributed by atoms with Crippen molar-refractivity contribution in [3.05, 3.63) is 65.0 Å². The SMILES string of the molecule is CC1=C(COc2ccc(C(=O)NN3CCOCC3)cn2)C(c2ccc(F)cn2)=N1. The number of pyridine rings is 2. The van der Waals surface area contributed by atoms with Gasteiger partial charge in [-0.1, -0.05) is 0 Å². The lowest BCUT2D eigenvalue weighted by atomic mass is 10.0. The molecule has 1 saturated heterocycles. The van der Waals surface area contributed by atoms with E-state index in [1.165, 1.54) is 12.3 Å². The maximum atomic E-state index is 13.1. The number of carbonyl (C=O) groups excluding carboxylic acids is 1. The molecule has 0 radical (unpaired) electrons. The van der Waals surface area contributed by atoms with Crippen LogP contribution in [-0.4, -0.2) is 59.5 Å². The smallest absolute Gasteiger partial charge is 0.267 e. The number of hydrogen-bond acceptors (Lipinski definition) is 7. The van der Waals surface area contributed by atoms with Gasteiger partial charge in [0.15, 0.2) is 0 Å². The average Bonchev–Trinajstić information content (AvgIpc) is 2.74. The van der Waals surface area contributed by atoms with Crippen molar-refractivity contribution in [1.29, 1.82) is 0 Å². The summed E-state index contributed by atoms with van der Waals surface area (Å²) in [5, 5.41) is 1.83. The molecule has 8 nitrogen and oxygen atoms in total. The number of rotatable bonds is 6. The lowest BCUT2D eigenvalue weighted by Crippen LogP contribution is -2.48. The van der Waals surface area contributed by atoms with Crippen molar-refractivity contribution in [1.82, 2.24) is 20.4 Å². The number of amides is 1. The van der Waals surface area contributed by atoms with Crippen molar-refractivity contribution < 1.29 is 18.7 Å². The van der Waals surface area contributed by atoms with Gasteiger partial charge >= 0.3 is 0 Å². The summed E-state index contributed by atoms with van der Waals surface area (Å²) in [5.41, 5.74) is 6.29. The molecule has 0 spiro atoms. The molecule has 0 bridgehead atoms. The van der Waals surface area contributed by atoms with Crippen molar-refractivity contribution >= 4 is 11.6 Å². The second-order valence-electron chi connectivity index (χ2n) is 6.60. The molecule has 150 valence electrons. The molecule has 2 aliphatic rings. The van der Waals surface area contributed by atoms with Gasteiger partial charge in [-0.2, -0.15) is 0 Å². The first-order valence-corrected chi connectivity index (χ1v) is 9.23. The molecule has 0 saturated carbocycles. The van der Waals surface area contributed by atoms with Crippen molar-refractivity contribution in [3.63, 3.8) is 0 Å². The number of hydrogen-bond donors (Lipinski definition) is 1. The highest BCUT2D eigenvalue weighted by atomic mass is 19.1. The zero-order valence-electron chi connectivity index (χ0n) is 15.9. The van der Waals surface area contributed by atoms with Gasteiger partial charge in [0.1, 0.15) is 12.4 Å². The van der Waals surface area contributed by atoms with Gasteiger partial charge in [-0.15, -0.1) is 0 Å². The average molecular weight is 397 g/mol. The van der Waals surface area contributed by atoms with Gasteiger partial charge in [0, 0.05) is 36.6 Å². The minimum atomic E-state index is -0.394. The third-order valence-electron chi connectivity index (χ3n) is 4.61. The summed E-state index contributed by atoms with van der Waals surface area (Å²) < 4.78 is 24.0. The van der Waals surface area contributed by atoms with E-state index in [1.807, 2.05) is 11.9 Å². The Morgan fingerprint density at radius 1 is 1.21 bits per heavy atom. The second kappa shape index (κ2) is 8.46. The van der Waals surface area contributed by atoms with Crippen LogP contribution in [0, 0.1) is 5.82 Å². The molecule has 1 amide bonds. The third kappa shape index (κ3) is 4.47. The Morgan fingerprint density at radius 2 is 2.03 bits per heavy atom. The van der Waals surface area contributed by atoms with E-state index in [4.69, 9.17) is 9.47 Å².